The third kappa shape index (κ3) is 4.80. The van der Waals surface area contributed by atoms with Crippen molar-refractivity contribution in [2.75, 3.05) is 20.1 Å². The molecule has 3 aromatic rings. The van der Waals surface area contributed by atoms with E-state index in [2.05, 4.69) is 20.3 Å². The maximum Gasteiger partial charge on any atom is 0.194 e. The van der Waals surface area contributed by atoms with Crippen LogP contribution in [0.4, 0.5) is 0 Å². The summed E-state index contributed by atoms with van der Waals surface area (Å²) >= 11 is 0. The lowest BCUT2D eigenvalue weighted by molar-refractivity contribution is 0.0435. The highest BCUT2D eigenvalue weighted by atomic mass is 16.4. The number of aromatic nitrogens is 2. The molecule has 1 aromatic carbocycles. The van der Waals surface area contributed by atoms with E-state index in [9.17, 15) is 5.11 Å². The highest BCUT2D eigenvalue weighted by Gasteiger charge is 2.26. The standard InChI is InChI=1S/C21H27N5O2/c1-4-22-20(24-15-21(2,27)18-11-8-12-28-18)26(3)14-19-23-13-17(25-19)16-9-6-5-7-10-16/h5-13,27H,4,14-15H2,1-3H3,(H,22,24)(H,23,25). The van der Waals surface area contributed by atoms with Crippen molar-refractivity contribution in [2.45, 2.75) is 26.0 Å². The molecule has 3 rings (SSSR count). The first kappa shape index (κ1) is 19.7. The first-order valence-electron chi connectivity index (χ1n) is 9.34. The highest BCUT2D eigenvalue weighted by molar-refractivity contribution is 5.79. The molecule has 7 heteroatoms. The van der Waals surface area contributed by atoms with E-state index in [4.69, 9.17) is 4.42 Å². The number of furan rings is 1. The molecule has 0 aliphatic heterocycles. The van der Waals surface area contributed by atoms with Gasteiger partial charge >= 0.3 is 0 Å². The van der Waals surface area contributed by atoms with Crippen LogP contribution in [-0.4, -0.2) is 46.1 Å². The number of nitrogens with one attached hydrogen (secondary N) is 2. The van der Waals surface area contributed by atoms with Gasteiger partial charge in [-0.05, 0) is 31.5 Å². The van der Waals surface area contributed by atoms with Crippen molar-refractivity contribution in [3.05, 3.63) is 66.5 Å². The SMILES string of the molecule is CCNC(=NCC(C)(O)c1ccco1)N(C)Cc1ncc(-c2ccccc2)[nH]1. The minimum absolute atomic E-state index is 0.181. The van der Waals surface area contributed by atoms with Gasteiger partial charge in [-0.2, -0.15) is 0 Å². The van der Waals surface area contributed by atoms with Crippen molar-refractivity contribution < 1.29 is 9.52 Å². The summed E-state index contributed by atoms with van der Waals surface area (Å²) in [7, 11) is 1.94. The number of aromatic amines is 1. The van der Waals surface area contributed by atoms with Gasteiger partial charge in [0.25, 0.3) is 0 Å². The summed E-state index contributed by atoms with van der Waals surface area (Å²) in [5, 5.41) is 13.9. The lowest BCUT2D eigenvalue weighted by atomic mass is 10.0. The summed E-state index contributed by atoms with van der Waals surface area (Å²) in [6.07, 6.45) is 3.39. The van der Waals surface area contributed by atoms with E-state index < -0.39 is 5.60 Å². The van der Waals surface area contributed by atoms with E-state index in [1.165, 1.54) is 0 Å². The lowest BCUT2D eigenvalue weighted by Gasteiger charge is -2.23. The third-order valence-corrected chi connectivity index (χ3v) is 4.39. The second-order valence-electron chi connectivity index (χ2n) is 6.89. The van der Waals surface area contributed by atoms with Crippen molar-refractivity contribution >= 4 is 5.96 Å². The number of aliphatic imine (C=N–C) groups is 1. The number of rotatable bonds is 7. The summed E-state index contributed by atoms with van der Waals surface area (Å²) < 4.78 is 5.32. The van der Waals surface area contributed by atoms with Gasteiger partial charge in [0, 0.05) is 13.6 Å². The van der Waals surface area contributed by atoms with E-state index in [-0.39, 0.29) is 6.54 Å². The van der Waals surface area contributed by atoms with Gasteiger partial charge in [0.15, 0.2) is 5.96 Å². The minimum atomic E-state index is -1.17. The van der Waals surface area contributed by atoms with E-state index in [1.54, 1.807) is 25.3 Å². The Morgan fingerprint density at radius 2 is 2.07 bits per heavy atom. The first-order valence-corrected chi connectivity index (χ1v) is 9.34. The van der Waals surface area contributed by atoms with Crippen LogP contribution in [-0.2, 0) is 12.1 Å². The first-order chi connectivity index (χ1) is 13.5. The molecule has 3 N–H and O–H groups in total. The molecule has 1 unspecified atom stereocenters. The molecule has 28 heavy (non-hydrogen) atoms. The van der Waals surface area contributed by atoms with Crippen LogP contribution in [0.5, 0.6) is 0 Å². The fraction of sp³-hybridized carbons (Fsp3) is 0.333. The number of nitrogens with zero attached hydrogens (tertiary/aromatic N) is 3. The normalized spacial score (nSPS) is 13.9. The Morgan fingerprint density at radius 1 is 1.29 bits per heavy atom. The molecule has 7 nitrogen and oxygen atoms in total. The van der Waals surface area contributed by atoms with Crippen LogP contribution in [0.2, 0.25) is 0 Å². The number of hydrogen-bond acceptors (Lipinski definition) is 4. The zero-order valence-electron chi connectivity index (χ0n) is 16.5. The predicted molar refractivity (Wildman–Crippen MR) is 110 cm³/mol. The Labute approximate surface area is 165 Å². The van der Waals surface area contributed by atoms with Gasteiger partial charge in [0.1, 0.15) is 17.2 Å². The molecular weight excluding hydrogens is 354 g/mol. The molecule has 2 heterocycles. The van der Waals surface area contributed by atoms with Crippen LogP contribution in [0, 0.1) is 0 Å². The molecule has 0 radical (unpaired) electrons. The Bertz CT molecular complexity index is 885. The predicted octanol–water partition coefficient (Wildman–Crippen LogP) is 2.97. The number of imidazole rings is 1. The van der Waals surface area contributed by atoms with E-state index in [0.717, 1.165) is 23.6 Å². The Morgan fingerprint density at radius 3 is 2.75 bits per heavy atom. The van der Waals surface area contributed by atoms with Gasteiger partial charge in [-0.25, -0.2) is 9.98 Å². The minimum Gasteiger partial charge on any atom is -0.466 e. The largest absolute Gasteiger partial charge is 0.466 e. The number of hydrogen-bond donors (Lipinski definition) is 3. The molecule has 0 saturated heterocycles. The molecule has 2 aromatic heterocycles. The van der Waals surface area contributed by atoms with Gasteiger partial charge in [0.2, 0.25) is 0 Å². The van der Waals surface area contributed by atoms with Crippen LogP contribution in [0.15, 0.2) is 64.3 Å². The molecular formula is C21H27N5O2. The fourth-order valence-electron chi connectivity index (χ4n) is 2.87. The van der Waals surface area contributed by atoms with Crippen LogP contribution < -0.4 is 5.32 Å². The molecule has 0 spiro atoms. The van der Waals surface area contributed by atoms with E-state index >= 15 is 0 Å². The Kier molecular flexibility index (Phi) is 6.16. The van der Waals surface area contributed by atoms with E-state index in [1.807, 2.05) is 55.4 Å². The van der Waals surface area contributed by atoms with Crippen LogP contribution in [0.3, 0.4) is 0 Å². The Hall–Kier alpha value is -3.06. The second kappa shape index (κ2) is 8.75. The van der Waals surface area contributed by atoms with Crippen molar-refractivity contribution in [1.82, 2.24) is 20.2 Å². The number of benzene rings is 1. The zero-order valence-corrected chi connectivity index (χ0v) is 16.5. The van der Waals surface area contributed by atoms with Crippen molar-refractivity contribution in [2.24, 2.45) is 4.99 Å². The molecule has 0 amide bonds. The maximum absolute atomic E-state index is 10.6. The van der Waals surface area contributed by atoms with Crippen molar-refractivity contribution in [3.63, 3.8) is 0 Å². The van der Waals surface area contributed by atoms with Gasteiger partial charge in [-0.3, -0.25) is 0 Å². The zero-order chi connectivity index (χ0) is 20.0. The average Bonchev–Trinajstić information content (AvgIpc) is 3.38. The summed E-state index contributed by atoms with van der Waals surface area (Å²) in [4.78, 5) is 14.4. The topological polar surface area (TPSA) is 89.7 Å². The quantitative estimate of drug-likeness (QED) is 0.432. The van der Waals surface area contributed by atoms with Crippen molar-refractivity contribution in [3.8, 4) is 11.3 Å². The molecule has 0 fully saturated rings. The van der Waals surface area contributed by atoms with Crippen LogP contribution in [0.25, 0.3) is 11.3 Å². The number of aliphatic hydroxyl groups is 1. The van der Waals surface area contributed by atoms with Crippen molar-refractivity contribution in [1.29, 1.82) is 0 Å². The van der Waals surface area contributed by atoms with Gasteiger partial charge in [-0.15, -0.1) is 0 Å². The molecule has 0 saturated carbocycles. The fourth-order valence-corrected chi connectivity index (χ4v) is 2.87. The van der Waals surface area contributed by atoms with Gasteiger partial charge < -0.3 is 24.7 Å². The molecule has 0 aliphatic carbocycles. The van der Waals surface area contributed by atoms with Gasteiger partial charge in [-0.1, -0.05) is 30.3 Å². The van der Waals surface area contributed by atoms with Crippen LogP contribution >= 0.6 is 0 Å². The van der Waals surface area contributed by atoms with E-state index in [0.29, 0.717) is 18.3 Å². The highest BCUT2D eigenvalue weighted by Crippen LogP contribution is 2.21. The number of guanidine groups is 1. The Balaban J connectivity index is 1.69. The molecule has 0 aliphatic rings. The molecule has 0 bridgehead atoms. The molecule has 148 valence electrons. The third-order valence-electron chi connectivity index (χ3n) is 4.39. The average molecular weight is 381 g/mol. The summed E-state index contributed by atoms with van der Waals surface area (Å²) in [6, 6.07) is 13.6. The second-order valence-corrected chi connectivity index (χ2v) is 6.89. The summed E-state index contributed by atoms with van der Waals surface area (Å²) in [5.41, 5.74) is 0.904. The van der Waals surface area contributed by atoms with Gasteiger partial charge in [0.05, 0.1) is 31.2 Å². The molecule has 1 atom stereocenters. The smallest absolute Gasteiger partial charge is 0.194 e. The maximum atomic E-state index is 10.6. The monoisotopic (exact) mass is 381 g/mol. The lowest BCUT2D eigenvalue weighted by Crippen LogP contribution is -2.40. The summed E-state index contributed by atoms with van der Waals surface area (Å²) in [6.45, 7) is 5.16. The van der Waals surface area contributed by atoms with Crippen LogP contribution in [0.1, 0.15) is 25.4 Å². The summed E-state index contributed by atoms with van der Waals surface area (Å²) in [5.74, 6) is 2.02. The number of H-pyrrole nitrogens is 1.